The highest BCUT2D eigenvalue weighted by molar-refractivity contribution is 9.11. The first-order chi connectivity index (χ1) is 15.3. The van der Waals surface area contributed by atoms with Gasteiger partial charge in [-0.1, -0.05) is 39.3 Å². The number of aromatic nitrogens is 3. The minimum Gasteiger partial charge on any atom is -0.342 e. The van der Waals surface area contributed by atoms with Crippen molar-refractivity contribution in [3.05, 3.63) is 67.8 Å². The van der Waals surface area contributed by atoms with E-state index < -0.39 is 0 Å². The van der Waals surface area contributed by atoms with Crippen molar-refractivity contribution < 1.29 is 9.59 Å². The van der Waals surface area contributed by atoms with E-state index in [-0.39, 0.29) is 23.6 Å². The number of anilines is 1. The fourth-order valence-electron chi connectivity index (χ4n) is 2.88. The van der Waals surface area contributed by atoms with Crippen molar-refractivity contribution in [3.8, 4) is 0 Å². The van der Waals surface area contributed by atoms with Crippen LogP contribution in [0.1, 0.15) is 36.1 Å². The van der Waals surface area contributed by atoms with Gasteiger partial charge < -0.3 is 15.2 Å². The molecular weight excluding hydrogens is 582 g/mol. The number of hydrogen-bond acceptors (Lipinski definition) is 5. The Kier molecular flexibility index (Phi) is 8.75. The summed E-state index contributed by atoms with van der Waals surface area (Å²) in [4.78, 5) is 24.9. The summed E-state index contributed by atoms with van der Waals surface area (Å²) >= 11 is 14.0. The largest absolute Gasteiger partial charge is 0.342 e. The molecule has 2 aromatic carbocycles. The summed E-state index contributed by atoms with van der Waals surface area (Å²) < 4.78 is 3.55. The van der Waals surface area contributed by atoms with Crippen LogP contribution >= 0.6 is 55.2 Å². The van der Waals surface area contributed by atoms with E-state index in [1.165, 1.54) is 11.8 Å². The second-order valence-corrected chi connectivity index (χ2v) is 9.90. The fraction of sp³-hybridized carbons (Fsp3) is 0.238. The van der Waals surface area contributed by atoms with Crippen molar-refractivity contribution in [2.75, 3.05) is 11.1 Å². The molecule has 0 radical (unpaired) electrons. The van der Waals surface area contributed by atoms with E-state index in [2.05, 4.69) is 52.7 Å². The van der Waals surface area contributed by atoms with Crippen LogP contribution in [0.2, 0.25) is 5.02 Å². The number of hydrogen-bond donors (Lipinski definition) is 2. The minimum atomic E-state index is -0.369. The van der Waals surface area contributed by atoms with E-state index in [9.17, 15) is 9.59 Å². The zero-order valence-corrected chi connectivity index (χ0v) is 22.0. The number of carbonyl (C=O) groups excluding carboxylic acids is 2. The van der Waals surface area contributed by atoms with Crippen molar-refractivity contribution in [2.45, 2.75) is 31.6 Å². The van der Waals surface area contributed by atoms with Gasteiger partial charge in [0, 0.05) is 26.1 Å². The van der Waals surface area contributed by atoms with Crippen molar-refractivity contribution in [1.82, 2.24) is 20.1 Å². The number of halogens is 3. The molecule has 1 atom stereocenters. The number of nitrogens with zero attached hydrogens (tertiary/aromatic N) is 3. The van der Waals surface area contributed by atoms with Crippen molar-refractivity contribution in [3.63, 3.8) is 0 Å². The third-order valence-corrected chi connectivity index (χ3v) is 6.84. The number of thioether (sulfide) groups is 1. The number of nitrogens with one attached hydrogen (secondary N) is 2. The molecule has 11 heteroatoms. The van der Waals surface area contributed by atoms with Gasteiger partial charge in [-0.25, -0.2) is 0 Å². The molecule has 0 saturated carbocycles. The molecule has 0 unspecified atom stereocenters. The lowest BCUT2D eigenvalue weighted by Crippen LogP contribution is -2.28. The lowest BCUT2D eigenvalue weighted by atomic mass is 10.2. The monoisotopic (exact) mass is 599 g/mol. The molecule has 0 aliphatic heterocycles. The third-order valence-electron chi connectivity index (χ3n) is 4.44. The van der Waals surface area contributed by atoms with E-state index in [1.54, 1.807) is 24.3 Å². The summed E-state index contributed by atoms with van der Waals surface area (Å²) in [5.74, 6) is 0.397. The normalized spacial score (nSPS) is 11.8. The third kappa shape index (κ3) is 6.34. The highest BCUT2D eigenvalue weighted by Gasteiger charge is 2.20. The highest BCUT2D eigenvalue weighted by Crippen LogP contribution is 2.27. The quantitative estimate of drug-likeness (QED) is 0.324. The molecule has 0 bridgehead atoms. The van der Waals surface area contributed by atoms with E-state index in [1.807, 2.05) is 36.6 Å². The van der Waals surface area contributed by atoms with Gasteiger partial charge >= 0.3 is 0 Å². The smallest absolute Gasteiger partial charge is 0.251 e. The first kappa shape index (κ1) is 24.8. The molecule has 7 nitrogen and oxygen atoms in total. The van der Waals surface area contributed by atoms with E-state index in [4.69, 9.17) is 11.6 Å². The van der Waals surface area contributed by atoms with Crippen molar-refractivity contribution in [2.24, 2.45) is 0 Å². The number of carbonyl (C=O) groups is 2. The Balaban J connectivity index is 1.63. The van der Waals surface area contributed by atoms with Gasteiger partial charge in [-0.05, 0) is 72.2 Å². The molecule has 1 aromatic heterocycles. The lowest BCUT2D eigenvalue weighted by molar-refractivity contribution is -0.113. The maximum atomic E-state index is 12.5. The molecule has 2 amide bonds. The van der Waals surface area contributed by atoms with Crippen LogP contribution in [0.25, 0.3) is 0 Å². The van der Waals surface area contributed by atoms with Crippen molar-refractivity contribution >= 4 is 72.7 Å². The van der Waals surface area contributed by atoms with E-state index in [0.717, 1.165) is 8.95 Å². The Hall–Kier alpha value is -1.88. The van der Waals surface area contributed by atoms with Crippen LogP contribution < -0.4 is 10.6 Å². The fourth-order valence-corrected chi connectivity index (χ4v) is 4.52. The molecule has 0 saturated heterocycles. The topological polar surface area (TPSA) is 88.9 Å². The minimum absolute atomic E-state index is 0.162. The Morgan fingerprint density at radius 2 is 1.88 bits per heavy atom. The van der Waals surface area contributed by atoms with Crippen LogP contribution in [0.15, 0.2) is 56.6 Å². The summed E-state index contributed by atoms with van der Waals surface area (Å²) in [5, 5.41) is 15.4. The van der Waals surface area contributed by atoms with Gasteiger partial charge in [0.2, 0.25) is 5.91 Å². The van der Waals surface area contributed by atoms with Gasteiger partial charge in [0.25, 0.3) is 5.91 Å². The molecule has 3 rings (SSSR count). The van der Waals surface area contributed by atoms with Gasteiger partial charge in [-0.2, -0.15) is 0 Å². The molecule has 1 heterocycles. The molecule has 0 aliphatic rings. The average molecular weight is 602 g/mol. The second-order valence-electron chi connectivity index (χ2n) is 6.75. The number of amides is 2. The Bertz CT molecular complexity index is 1120. The van der Waals surface area contributed by atoms with Crippen LogP contribution in [0, 0.1) is 0 Å². The van der Waals surface area contributed by atoms with Crippen LogP contribution in [-0.4, -0.2) is 32.3 Å². The first-order valence-electron chi connectivity index (χ1n) is 9.65. The molecule has 0 fully saturated rings. The zero-order chi connectivity index (χ0) is 23.3. The van der Waals surface area contributed by atoms with Gasteiger partial charge in [-0.15, -0.1) is 10.2 Å². The van der Waals surface area contributed by atoms with Crippen LogP contribution in [0.3, 0.4) is 0 Å². The maximum absolute atomic E-state index is 12.5. The van der Waals surface area contributed by atoms with Crippen molar-refractivity contribution in [1.29, 1.82) is 0 Å². The molecule has 3 aromatic rings. The molecule has 2 N–H and O–H groups in total. The summed E-state index contributed by atoms with van der Waals surface area (Å²) in [6.07, 6.45) is 0. The summed E-state index contributed by atoms with van der Waals surface area (Å²) in [6, 6.07) is 11.9. The number of benzene rings is 2. The summed E-state index contributed by atoms with van der Waals surface area (Å²) in [7, 11) is 0. The summed E-state index contributed by atoms with van der Waals surface area (Å²) in [6.45, 7) is 4.41. The van der Waals surface area contributed by atoms with E-state index >= 15 is 0 Å². The van der Waals surface area contributed by atoms with Gasteiger partial charge in [0.05, 0.1) is 17.5 Å². The molecule has 0 spiro atoms. The molecule has 32 heavy (non-hydrogen) atoms. The predicted octanol–water partition coefficient (Wildman–Crippen LogP) is 5.70. The Labute approximate surface area is 212 Å². The molecule has 168 valence electrons. The van der Waals surface area contributed by atoms with E-state index in [0.29, 0.717) is 33.8 Å². The van der Waals surface area contributed by atoms with Crippen LogP contribution in [0.5, 0.6) is 0 Å². The van der Waals surface area contributed by atoms with Gasteiger partial charge in [0.1, 0.15) is 0 Å². The Morgan fingerprint density at radius 3 is 2.56 bits per heavy atom. The zero-order valence-electron chi connectivity index (χ0n) is 17.2. The maximum Gasteiger partial charge on any atom is 0.251 e. The predicted molar refractivity (Wildman–Crippen MR) is 134 cm³/mol. The van der Waals surface area contributed by atoms with Crippen LogP contribution in [-0.2, 0) is 11.3 Å². The molecule has 0 aliphatic carbocycles. The van der Waals surface area contributed by atoms with Gasteiger partial charge in [0.15, 0.2) is 11.0 Å². The standard InChI is InChI=1S/C21H20Br2ClN5O2S/c1-3-29-19(12(2)25-20(31)13-4-7-15(24)8-5-13)27-28-21(29)32-11-18(30)26-17-10-14(22)6-9-16(17)23/h4-10,12H,3,11H2,1-2H3,(H,25,31)(H,26,30)/t12-/m0/s1. The Morgan fingerprint density at radius 1 is 1.16 bits per heavy atom. The highest BCUT2D eigenvalue weighted by atomic mass is 79.9. The lowest BCUT2D eigenvalue weighted by Gasteiger charge is -2.15. The second kappa shape index (κ2) is 11.3. The summed E-state index contributed by atoms with van der Waals surface area (Å²) in [5.41, 5.74) is 1.19. The molecular formula is C21H20Br2ClN5O2S. The first-order valence-corrected chi connectivity index (χ1v) is 12.6. The van der Waals surface area contributed by atoms with Crippen LogP contribution in [0.4, 0.5) is 5.69 Å². The number of rotatable bonds is 8. The SMILES string of the molecule is CCn1c(SCC(=O)Nc2cc(Br)ccc2Br)nnc1[C@H](C)NC(=O)c1ccc(Cl)cc1. The average Bonchev–Trinajstić information content (AvgIpc) is 3.18. The van der Waals surface area contributed by atoms with Gasteiger partial charge in [-0.3, -0.25) is 9.59 Å².